The normalized spacial score (nSPS) is 23.0. The number of aliphatic carboxylic acids is 1. The standard InChI is InChI=1S/C19H23F2NO5/c1-11(23)22-10-13(8-15(22)18(24)25)12-6-7-16(27-19(20)21)17(9-12)26-14-4-2-3-5-14/h6-7,9,13-15,19H,2-5,8,10H2,1H3,(H,24,25). The summed E-state index contributed by atoms with van der Waals surface area (Å²) in [5.41, 5.74) is 0.750. The molecule has 0 aromatic heterocycles. The number of likely N-dealkylation sites (tertiary alicyclic amines) is 1. The van der Waals surface area contributed by atoms with E-state index >= 15 is 0 Å². The second-order valence-corrected chi connectivity index (χ2v) is 7.07. The number of ether oxygens (including phenoxy) is 2. The Kier molecular flexibility index (Phi) is 5.82. The quantitative estimate of drug-likeness (QED) is 0.815. The van der Waals surface area contributed by atoms with Crippen molar-refractivity contribution in [2.45, 2.75) is 63.7 Å². The third-order valence-electron chi connectivity index (χ3n) is 5.24. The highest BCUT2D eigenvalue weighted by Gasteiger charge is 2.39. The third-order valence-corrected chi connectivity index (χ3v) is 5.24. The number of carbonyl (C=O) groups excluding carboxylic acids is 1. The van der Waals surface area contributed by atoms with Crippen LogP contribution in [0, 0.1) is 0 Å². The number of benzene rings is 1. The Bertz CT molecular complexity index is 683. The molecule has 1 N–H and O–H groups in total. The van der Waals surface area contributed by atoms with Crippen molar-refractivity contribution in [3.8, 4) is 11.5 Å². The SMILES string of the molecule is CC(=O)N1CC(c2ccc(OC(F)F)c(OC3CCCC3)c2)CC1C(=O)O. The highest BCUT2D eigenvalue weighted by Crippen LogP contribution is 2.39. The molecule has 3 rings (SSSR count). The zero-order valence-corrected chi connectivity index (χ0v) is 15.1. The fraction of sp³-hybridized carbons (Fsp3) is 0.579. The molecule has 1 saturated carbocycles. The van der Waals surface area contributed by atoms with Crippen LogP contribution < -0.4 is 9.47 Å². The van der Waals surface area contributed by atoms with E-state index in [1.54, 1.807) is 12.1 Å². The number of rotatable bonds is 6. The number of amides is 1. The van der Waals surface area contributed by atoms with Crippen LogP contribution in [0.5, 0.6) is 11.5 Å². The fourth-order valence-corrected chi connectivity index (χ4v) is 3.91. The van der Waals surface area contributed by atoms with Gasteiger partial charge < -0.3 is 19.5 Å². The van der Waals surface area contributed by atoms with Crippen molar-refractivity contribution in [2.75, 3.05) is 6.54 Å². The molecule has 1 amide bonds. The summed E-state index contributed by atoms with van der Waals surface area (Å²) in [6, 6.07) is 3.82. The van der Waals surface area contributed by atoms with Gasteiger partial charge in [0.2, 0.25) is 5.91 Å². The molecule has 1 aromatic rings. The number of carbonyl (C=O) groups is 2. The molecule has 0 bridgehead atoms. The Hall–Kier alpha value is -2.38. The average Bonchev–Trinajstić information content (AvgIpc) is 3.25. The van der Waals surface area contributed by atoms with Crippen molar-refractivity contribution in [3.05, 3.63) is 23.8 Å². The summed E-state index contributed by atoms with van der Waals surface area (Å²) in [6.45, 7) is -1.35. The van der Waals surface area contributed by atoms with Crippen molar-refractivity contribution < 1.29 is 33.0 Å². The molecule has 0 radical (unpaired) electrons. The lowest BCUT2D eigenvalue weighted by atomic mass is 9.96. The minimum Gasteiger partial charge on any atom is -0.487 e. The molecule has 2 unspecified atom stereocenters. The average molecular weight is 383 g/mol. The molecular weight excluding hydrogens is 360 g/mol. The molecular formula is C19H23F2NO5. The minimum absolute atomic E-state index is 0.0307. The van der Waals surface area contributed by atoms with Crippen LogP contribution in [0.1, 0.15) is 50.5 Å². The Labute approximate surface area is 156 Å². The maximum Gasteiger partial charge on any atom is 0.387 e. The van der Waals surface area contributed by atoms with Gasteiger partial charge in [0.1, 0.15) is 6.04 Å². The molecule has 8 heteroatoms. The Morgan fingerprint density at radius 3 is 2.48 bits per heavy atom. The molecule has 2 aliphatic rings. The molecule has 1 saturated heterocycles. The largest absolute Gasteiger partial charge is 0.487 e. The summed E-state index contributed by atoms with van der Waals surface area (Å²) in [5, 5.41) is 9.36. The predicted molar refractivity (Wildman–Crippen MR) is 92.1 cm³/mol. The van der Waals surface area contributed by atoms with Gasteiger partial charge in [-0.05, 0) is 49.8 Å². The van der Waals surface area contributed by atoms with E-state index in [2.05, 4.69) is 4.74 Å². The lowest BCUT2D eigenvalue weighted by Gasteiger charge is -2.20. The number of alkyl halides is 2. The van der Waals surface area contributed by atoms with Gasteiger partial charge in [-0.15, -0.1) is 0 Å². The summed E-state index contributed by atoms with van der Waals surface area (Å²) < 4.78 is 35.9. The smallest absolute Gasteiger partial charge is 0.387 e. The van der Waals surface area contributed by atoms with Crippen molar-refractivity contribution in [3.63, 3.8) is 0 Å². The summed E-state index contributed by atoms with van der Waals surface area (Å²) in [4.78, 5) is 24.5. The molecule has 27 heavy (non-hydrogen) atoms. The topological polar surface area (TPSA) is 76.1 Å². The molecule has 0 spiro atoms. The van der Waals surface area contributed by atoms with E-state index in [1.807, 2.05) is 0 Å². The van der Waals surface area contributed by atoms with Crippen molar-refractivity contribution in [2.24, 2.45) is 0 Å². The van der Waals surface area contributed by atoms with E-state index in [9.17, 15) is 23.5 Å². The Balaban J connectivity index is 1.84. The third kappa shape index (κ3) is 4.48. The van der Waals surface area contributed by atoms with Crippen LogP contribution >= 0.6 is 0 Å². The molecule has 1 aliphatic carbocycles. The zero-order chi connectivity index (χ0) is 19.6. The van der Waals surface area contributed by atoms with Gasteiger partial charge in [-0.2, -0.15) is 8.78 Å². The molecule has 2 atom stereocenters. The van der Waals surface area contributed by atoms with E-state index in [4.69, 9.17) is 4.74 Å². The van der Waals surface area contributed by atoms with E-state index in [-0.39, 0.29) is 42.4 Å². The lowest BCUT2D eigenvalue weighted by molar-refractivity contribution is -0.147. The van der Waals surface area contributed by atoms with Crippen molar-refractivity contribution >= 4 is 11.9 Å². The van der Waals surface area contributed by atoms with Gasteiger partial charge in [0.05, 0.1) is 6.10 Å². The molecule has 1 aliphatic heterocycles. The van der Waals surface area contributed by atoms with Crippen LogP contribution in [0.25, 0.3) is 0 Å². The summed E-state index contributed by atoms with van der Waals surface area (Å²) in [7, 11) is 0. The van der Waals surface area contributed by atoms with Gasteiger partial charge in [-0.3, -0.25) is 4.79 Å². The number of hydrogen-bond acceptors (Lipinski definition) is 4. The van der Waals surface area contributed by atoms with Crippen molar-refractivity contribution in [1.29, 1.82) is 0 Å². The highest BCUT2D eigenvalue weighted by atomic mass is 19.3. The maximum atomic E-state index is 12.7. The first-order chi connectivity index (χ1) is 12.8. The number of carboxylic acid groups (broad SMARTS) is 1. The maximum absolute atomic E-state index is 12.7. The Morgan fingerprint density at radius 2 is 1.93 bits per heavy atom. The van der Waals surface area contributed by atoms with Crippen LogP contribution in [-0.2, 0) is 9.59 Å². The molecule has 1 heterocycles. The Morgan fingerprint density at radius 1 is 1.22 bits per heavy atom. The van der Waals surface area contributed by atoms with E-state index < -0.39 is 18.6 Å². The first kappa shape index (κ1) is 19.4. The van der Waals surface area contributed by atoms with E-state index in [0.29, 0.717) is 0 Å². The number of halogens is 2. The van der Waals surface area contributed by atoms with Crippen molar-refractivity contribution in [1.82, 2.24) is 4.90 Å². The fourth-order valence-electron chi connectivity index (χ4n) is 3.91. The van der Waals surface area contributed by atoms with Gasteiger partial charge in [0, 0.05) is 19.4 Å². The van der Waals surface area contributed by atoms with E-state index in [0.717, 1.165) is 31.2 Å². The van der Waals surface area contributed by atoms with Gasteiger partial charge in [0.25, 0.3) is 0 Å². The highest BCUT2D eigenvalue weighted by molar-refractivity contribution is 5.83. The van der Waals surface area contributed by atoms with Crippen LogP contribution in [0.4, 0.5) is 8.78 Å². The van der Waals surface area contributed by atoms with Gasteiger partial charge in [0.15, 0.2) is 11.5 Å². The number of hydrogen-bond donors (Lipinski definition) is 1. The second-order valence-electron chi connectivity index (χ2n) is 7.07. The first-order valence-electron chi connectivity index (χ1n) is 9.10. The summed E-state index contributed by atoms with van der Waals surface area (Å²) in [6.07, 6.45) is 4.02. The van der Waals surface area contributed by atoms with Crippen LogP contribution in [0.15, 0.2) is 18.2 Å². The monoisotopic (exact) mass is 383 g/mol. The summed E-state index contributed by atoms with van der Waals surface area (Å²) in [5.74, 6) is -1.34. The van der Waals surface area contributed by atoms with Crippen LogP contribution in [0.2, 0.25) is 0 Å². The van der Waals surface area contributed by atoms with Crippen LogP contribution in [-0.4, -0.2) is 47.2 Å². The minimum atomic E-state index is -2.96. The lowest BCUT2D eigenvalue weighted by Crippen LogP contribution is -2.39. The number of carboxylic acids is 1. The van der Waals surface area contributed by atoms with Gasteiger partial charge in [-0.25, -0.2) is 4.79 Å². The molecule has 2 fully saturated rings. The van der Waals surface area contributed by atoms with E-state index in [1.165, 1.54) is 17.9 Å². The zero-order valence-electron chi connectivity index (χ0n) is 15.1. The second kappa shape index (κ2) is 8.10. The van der Waals surface area contributed by atoms with Gasteiger partial charge in [-0.1, -0.05) is 6.07 Å². The first-order valence-corrected chi connectivity index (χ1v) is 9.10. The molecule has 6 nitrogen and oxygen atoms in total. The molecule has 1 aromatic carbocycles. The summed E-state index contributed by atoms with van der Waals surface area (Å²) >= 11 is 0. The van der Waals surface area contributed by atoms with Gasteiger partial charge >= 0.3 is 12.6 Å². The molecule has 148 valence electrons. The van der Waals surface area contributed by atoms with Crippen LogP contribution in [0.3, 0.4) is 0 Å². The predicted octanol–water partition coefficient (Wildman–Crippen LogP) is 3.40. The number of nitrogens with zero attached hydrogens (tertiary/aromatic N) is 1.